The van der Waals surface area contributed by atoms with Crippen LogP contribution in [0.4, 0.5) is 13.2 Å². The first kappa shape index (κ1) is 12.0. The van der Waals surface area contributed by atoms with Crippen molar-refractivity contribution >= 4 is 21.8 Å². The maximum absolute atomic E-state index is 12.0. The molecule has 0 spiro atoms. The predicted molar refractivity (Wildman–Crippen MR) is 49.9 cm³/mol. The summed E-state index contributed by atoms with van der Waals surface area (Å²) in [5.74, 6) is -1.01. The topological polar surface area (TPSA) is 56.0 Å². The summed E-state index contributed by atoms with van der Waals surface area (Å²) in [5, 5.41) is 0. The normalized spacial score (nSPS) is 11.5. The molecule has 1 amide bonds. The van der Waals surface area contributed by atoms with E-state index in [1.165, 1.54) is 6.07 Å². The fraction of sp³-hybridized carbons (Fsp3) is 0.125. The zero-order chi connectivity index (χ0) is 11.6. The summed E-state index contributed by atoms with van der Waals surface area (Å²) in [6.07, 6.45) is -4.54. The third-order valence-corrected chi connectivity index (χ3v) is 1.89. The van der Waals surface area contributed by atoms with Gasteiger partial charge in [-0.05, 0) is 27.6 Å². The quantitative estimate of drug-likeness (QED) is 0.844. The Kier molecular flexibility index (Phi) is 3.33. The molecule has 81 valence electrons. The second kappa shape index (κ2) is 4.18. The molecule has 2 N–H and O–H groups in total. The summed E-state index contributed by atoms with van der Waals surface area (Å²) in [5.41, 5.74) is 4.13. The lowest BCUT2D eigenvalue weighted by Gasteiger charge is -2.08. The molecule has 0 aliphatic rings. The van der Waals surface area contributed by atoms with Crippen molar-refractivity contribution in [1.29, 1.82) is 0 Å². The van der Waals surface area contributed by atoms with E-state index in [1.807, 2.05) is 0 Å². The van der Waals surface area contributed by atoms with Gasteiger partial charge in [-0.2, -0.15) is 13.2 Å². The van der Waals surface area contributed by atoms with Gasteiger partial charge in [0.2, 0.25) is 0 Å². The third kappa shape index (κ3) is 3.50. The average molecular weight is 282 g/mol. The summed E-state index contributed by atoms with van der Waals surface area (Å²) >= 11 is 2.93. The Morgan fingerprint density at radius 2 is 2.07 bits per heavy atom. The molecule has 0 fully saturated rings. The molecular weight excluding hydrogens is 277 g/mol. The van der Waals surface area contributed by atoms with Gasteiger partial charge in [0.1, 0.15) is 10.3 Å². The molecule has 1 aromatic rings. The first-order valence-electron chi connectivity index (χ1n) is 3.68. The van der Waals surface area contributed by atoms with Crippen molar-refractivity contribution in [2.45, 2.75) is 6.18 Å². The number of primary amides is 1. The zero-order valence-corrected chi connectivity index (χ0v) is 8.76. The number of rotatable bonds is 2. The van der Waals surface area contributed by atoms with Gasteiger partial charge >= 0.3 is 6.18 Å². The molecule has 0 saturated carbocycles. The highest BCUT2D eigenvalue weighted by Crippen LogP contribution is 2.25. The van der Waals surface area contributed by atoms with Crippen LogP contribution in [0.2, 0.25) is 0 Å². The number of hydrogen-bond acceptors (Lipinski definition) is 2. The van der Waals surface area contributed by atoms with Crippen LogP contribution in [-0.4, -0.2) is 17.1 Å². The third-order valence-electron chi connectivity index (χ3n) is 1.45. The Bertz CT molecular complexity index is 392. The van der Waals surface area contributed by atoms with Crippen LogP contribution in [0.3, 0.4) is 0 Å². The number of carbonyl (C=O) groups is 1. The van der Waals surface area contributed by atoms with Gasteiger partial charge in [0.25, 0.3) is 5.91 Å². The number of nitrogens with two attached hydrogens (primary N) is 1. The van der Waals surface area contributed by atoms with Gasteiger partial charge in [-0.1, -0.05) is 6.07 Å². The van der Waals surface area contributed by atoms with Gasteiger partial charge in [0.15, 0.2) is 0 Å². The van der Waals surface area contributed by atoms with Crippen LogP contribution in [0.15, 0.2) is 16.7 Å². The Morgan fingerprint density at radius 1 is 1.47 bits per heavy atom. The number of hydrogen-bond donors (Lipinski definition) is 1. The Morgan fingerprint density at radius 3 is 2.53 bits per heavy atom. The summed E-state index contributed by atoms with van der Waals surface area (Å²) in [6.45, 7) is 0. The molecule has 0 aliphatic carbocycles. The molecule has 1 heterocycles. The molecule has 0 aromatic carbocycles. The number of aromatic nitrogens is 1. The van der Waals surface area contributed by atoms with Gasteiger partial charge in [0, 0.05) is 0 Å². The highest BCUT2D eigenvalue weighted by atomic mass is 79.9. The van der Waals surface area contributed by atoms with Crippen molar-refractivity contribution in [1.82, 2.24) is 4.98 Å². The second-order valence-corrected chi connectivity index (χ2v) is 3.43. The summed E-state index contributed by atoms with van der Waals surface area (Å²) in [6, 6.07) is 2.41. The van der Waals surface area contributed by atoms with E-state index in [-0.39, 0.29) is 16.6 Å². The smallest absolute Gasteiger partial charge is 0.364 e. The lowest BCUT2D eigenvalue weighted by atomic mass is 10.1. The van der Waals surface area contributed by atoms with Gasteiger partial charge in [0.05, 0.1) is 6.42 Å². The van der Waals surface area contributed by atoms with Crippen LogP contribution in [0.1, 0.15) is 16.1 Å². The Hall–Kier alpha value is -1.11. The Labute approximate surface area is 91.6 Å². The van der Waals surface area contributed by atoms with Gasteiger partial charge < -0.3 is 5.73 Å². The molecule has 3 nitrogen and oxygen atoms in total. The molecule has 0 unspecified atom stereocenters. The summed E-state index contributed by atoms with van der Waals surface area (Å²) in [4.78, 5) is 14.4. The fourth-order valence-electron chi connectivity index (χ4n) is 0.936. The van der Waals surface area contributed by atoms with Crippen molar-refractivity contribution in [2.24, 2.45) is 5.73 Å². The number of nitrogens with zero attached hydrogens (tertiary/aromatic N) is 1. The van der Waals surface area contributed by atoms with Crippen molar-refractivity contribution in [3.05, 3.63) is 34.4 Å². The largest absolute Gasteiger partial charge is 0.396 e. The molecule has 0 aliphatic heterocycles. The molecule has 1 aromatic heterocycles. The van der Waals surface area contributed by atoms with Crippen molar-refractivity contribution in [3.8, 4) is 0 Å². The lowest BCUT2D eigenvalue weighted by molar-refractivity contribution is -0.0928. The number of pyridine rings is 1. The van der Waals surface area contributed by atoms with Crippen molar-refractivity contribution < 1.29 is 18.0 Å². The standard InChI is InChI=1S/C8H5BrF3N2O/c9-5-2-1-4(3-8(10,11)12)6(14-5)7(13)15/h1-3H,(H2,13,15). The van der Waals surface area contributed by atoms with Crippen LogP contribution in [0, 0.1) is 6.42 Å². The average Bonchev–Trinajstić information content (AvgIpc) is 2.05. The molecular formula is C8H5BrF3N2O. The van der Waals surface area contributed by atoms with E-state index in [1.54, 1.807) is 0 Å². The molecule has 7 heteroatoms. The number of halogens is 4. The number of carbonyl (C=O) groups excluding carboxylic acids is 1. The highest BCUT2D eigenvalue weighted by molar-refractivity contribution is 9.10. The number of amides is 1. The maximum Gasteiger partial charge on any atom is 0.396 e. The van der Waals surface area contributed by atoms with Crippen LogP contribution >= 0.6 is 15.9 Å². The van der Waals surface area contributed by atoms with E-state index in [4.69, 9.17) is 5.73 Å². The van der Waals surface area contributed by atoms with Crippen LogP contribution in [0.25, 0.3) is 0 Å². The SMILES string of the molecule is NC(=O)c1nc(Br)ccc1[CH]C(F)(F)F. The molecule has 0 bridgehead atoms. The van der Waals surface area contributed by atoms with Crippen molar-refractivity contribution in [2.75, 3.05) is 0 Å². The predicted octanol–water partition coefficient (Wildman–Crippen LogP) is 2.06. The van der Waals surface area contributed by atoms with E-state index < -0.39 is 17.8 Å². The van der Waals surface area contributed by atoms with Crippen molar-refractivity contribution in [3.63, 3.8) is 0 Å². The minimum atomic E-state index is -4.51. The van der Waals surface area contributed by atoms with E-state index in [0.717, 1.165) is 6.07 Å². The Balaban J connectivity index is 3.12. The molecule has 1 radical (unpaired) electrons. The molecule has 0 atom stereocenters. The monoisotopic (exact) mass is 281 g/mol. The molecule has 1 rings (SSSR count). The van der Waals surface area contributed by atoms with Crippen LogP contribution in [-0.2, 0) is 0 Å². The fourth-order valence-corrected chi connectivity index (χ4v) is 1.25. The minimum absolute atomic E-state index is 0.0213. The highest BCUT2D eigenvalue weighted by Gasteiger charge is 2.30. The first-order valence-corrected chi connectivity index (χ1v) is 4.48. The lowest BCUT2D eigenvalue weighted by Crippen LogP contribution is -2.19. The van der Waals surface area contributed by atoms with Gasteiger partial charge in [-0.3, -0.25) is 4.79 Å². The maximum atomic E-state index is 12.0. The van der Waals surface area contributed by atoms with Gasteiger partial charge in [-0.25, -0.2) is 4.98 Å². The van der Waals surface area contributed by atoms with Crippen LogP contribution < -0.4 is 5.73 Å². The van der Waals surface area contributed by atoms with Crippen LogP contribution in [0.5, 0.6) is 0 Å². The summed E-state index contributed by atoms with van der Waals surface area (Å²) in [7, 11) is 0. The molecule has 0 saturated heterocycles. The van der Waals surface area contributed by atoms with E-state index in [9.17, 15) is 18.0 Å². The van der Waals surface area contributed by atoms with E-state index in [2.05, 4.69) is 20.9 Å². The minimum Gasteiger partial charge on any atom is -0.364 e. The zero-order valence-electron chi connectivity index (χ0n) is 7.18. The van der Waals surface area contributed by atoms with E-state index >= 15 is 0 Å². The first-order chi connectivity index (χ1) is 6.79. The molecule has 15 heavy (non-hydrogen) atoms. The second-order valence-electron chi connectivity index (χ2n) is 2.62. The number of alkyl halides is 3. The van der Waals surface area contributed by atoms with Gasteiger partial charge in [-0.15, -0.1) is 0 Å². The van der Waals surface area contributed by atoms with E-state index in [0.29, 0.717) is 0 Å². The summed E-state index contributed by atoms with van der Waals surface area (Å²) < 4.78 is 36.4.